The molecule has 5 heteroatoms. The molecule has 1 aromatic heterocycles. The Morgan fingerprint density at radius 3 is 2.80 bits per heavy atom. The van der Waals surface area contributed by atoms with Crippen molar-refractivity contribution >= 4 is 5.97 Å². The van der Waals surface area contributed by atoms with Crippen LogP contribution in [0.3, 0.4) is 0 Å². The highest BCUT2D eigenvalue weighted by molar-refractivity contribution is 5.89. The monoisotopic (exact) mass is 203 g/mol. The third kappa shape index (κ3) is 1.71. The second-order valence-corrected chi connectivity index (χ2v) is 3.14. The van der Waals surface area contributed by atoms with Gasteiger partial charge in [-0.3, -0.25) is 0 Å². The summed E-state index contributed by atoms with van der Waals surface area (Å²) < 4.78 is 1.58. The van der Waals surface area contributed by atoms with Crippen LogP contribution < -0.4 is 0 Å². The molecule has 0 bridgehead atoms. The van der Waals surface area contributed by atoms with Crippen LogP contribution in [0.5, 0.6) is 0 Å². The molecular formula is C10H9N3O2. The first-order valence-corrected chi connectivity index (χ1v) is 4.37. The van der Waals surface area contributed by atoms with Gasteiger partial charge in [0.25, 0.3) is 0 Å². The lowest BCUT2D eigenvalue weighted by Gasteiger charge is -2.04. The molecule has 2 aromatic rings. The van der Waals surface area contributed by atoms with Crippen LogP contribution in [-0.4, -0.2) is 25.8 Å². The van der Waals surface area contributed by atoms with Gasteiger partial charge in [0.15, 0.2) is 0 Å². The number of rotatable bonds is 2. The number of carbonyl (C=O) groups is 1. The predicted molar refractivity (Wildman–Crippen MR) is 53.1 cm³/mol. The third-order valence-corrected chi connectivity index (χ3v) is 2.12. The van der Waals surface area contributed by atoms with Crippen LogP contribution in [-0.2, 0) is 0 Å². The first kappa shape index (κ1) is 9.39. The number of nitrogens with zero attached hydrogens (tertiary/aromatic N) is 3. The smallest absolute Gasteiger partial charge is 0.335 e. The van der Waals surface area contributed by atoms with E-state index in [9.17, 15) is 4.79 Å². The Hall–Kier alpha value is -2.17. The van der Waals surface area contributed by atoms with Crippen LogP contribution in [0, 0.1) is 6.92 Å². The maximum absolute atomic E-state index is 10.8. The molecule has 0 radical (unpaired) electrons. The average molecular weight is 203 g/mol. The summed E-state index contributed by atoms with van der Waals surface area (Å²) in [5.41, 5.74) is 1.81. The first-order valence-electron chi connectivity index (χ1n) is 4.37. The molecule has 0 fully saturated rings. The molecule has 0 amide bonds. The van der Waals surface area contributed by atoms with E-state index in [0.29, 0.717) is 11.1 Å². The lowest BCUT2D eigenvalue weighted by Crippen LogP contribution is -2.02. The Kier molecular flexibility index (Phi) is 2.21. The quantitative estimate of drug-likeness (QED) is 0.798. The third-order valence-electron chi connectivity index (χ3n) is 2.12. The highest BCUT2D eigenvalue weighted by Crippen LogP contribution is 2.13. The second-order valence-electron chi connectivity index (χ2n) is 3.14. The van der Waals surface area contributed by atoms with Gasteiger partial charge in [-0.1, -0.05) is 0 Å². The minimum Gasteiger partial charge on any atom is -0.478 e. The van der Waals surface area contributed by atoms with Crippen LogP contribution in [0.1, 0.15) is 15.9 Å². The Morgan fingerprint density at radius 1 is 1.47 bits per heavy atom. The van der Waals surface area contributed by atoms with Crippen molar-refractivity contribution in [2.45, 2.75) is 6.92 Å². The molecule has 2 rings (SSSR count). The summed E-state index contributed by atoms with van der Waals surface area (Å²) >= 11 is 0. The summed E-state index contributed by atoms with van der Waals surface area (Å²) in [5.74, 6) is -0.919. The fourth-order valence-electron chi connectivity index (χ4n) is 1.37. The fourth-order valence-corrected chi connectivity index (χ4v) is 1.37. The number of aromatic carboxylic acids is 1. The first-order chi connectivity index (χ1) is 7.18. The van der Waals surface area contributed by atoms with Gasteiger partial charge in [-0.2, -0.15) is 5.10 Å². The number of benzene rings is 1. The molecule has 0 aliphatic carbocycles. The lowest BCUT2D eigenvalue weighted by atomic mass is 10.1. The minimum absolute atomic E-state index is 0.305. The number of carboxylic acids is 1. The molecule has 0 saturated carbocycles. The number of hydrogen-bond acceptors (Lipinski definition) is 3. The fraction of sp³-hybridized carbons (Fsp3) is 0.100. The Labute approximate surface area is 86.0 Å². The molecule has 1 N–H and O–H groups in total. The maximum Gasteiger partial charge on any atom is 0.335 e. The molecule has 0 saturated heterocycles. The van der Waals surface area contributed by atoms with Gasteiger partial charge in [-0.05, 0) is 30.7 Å². The van der Waals surface area contributed by atoms with Crippen LogP contribution in [0.15, 0.2) is 30.9 Å². The zero-order valence-electron chi connectivity index (χ0n) is 8.08. The molecule has 0 aliphatic heterocycles. The van der Waals surface area contributed by atoms with Crippen molar-refractivity contribution in [3.63, 3.8) is 0 Å². The minimum atomic E-state index is -0.919. The van der Waals surface area contributed by atoms with Gasteiger partial charge in [0.2, 0.25) is 0 Å². The Balaban J connectivity index is 2.47. The lowest BCUT2D eigenvalue weighted by molar-refractivity contribution is 0.0696. The summed E-state index contributed by atoms with van der Waals surface area (Å²) in [6, 6.07) is 5.03. The number of carboxylic acid groups (broad SMARTS) is 1. The van der Waals surface area contributed by atoms with E-state index in [0.717, 1.165) is 5.69 Å². The Bertz CT molecular complexity index is 491. The average Bonchev–Trinajstić information content (AvgIpc) is 2.69. The van der Waals surface area contributed by atoms with E-state index in [-0.39, 0.29) is 0 Å². The molecular weight excluding hydrogens is 194 g/mol. The topological polar surface area (TPSA) is 68.0 Å². The Morgan fingerprint density at radius 2 is 2.27 bits per heavy atom. The van der Waals surface area contributed by atoms with Crippen LogP contribution in [0.2, 0.25) is 0 Å². The van der Waals surface area contributed by atoms with E-state index in [1.165, 1.54) is 6.33 Å². The molecule has 0 spiro atoms. The van der Waals surface area contributed by atoms with Crippen molar-refractivity contribution in [3.8, 4) is 5.69 Å². The second kappa shape index (κ2) is 3.53. The van der Waals surface area contributed by atoms with Crippen molar-refractivity contribution in [2.24, 2.45) is 0 Å². The van der Waals surface area contributed by atoms with Gasteiger partial charge in [0, 0.05) is 0 Å². The molecule has 0 aliphatic rings. The molecule has 15 heavy (non-hydrogen) atoms. The largest absolute Gasteiger partial charge is 0.478 e. The van der Waals surface area contributed by atoms with E-state index in [4.69, 9.17) is 5.11 Å². The summed E-state index contributed by atoms with van der Waals surface area (Å²) in [6.07, 6.45) is 3.00. The van der Waals surface area contributed by atoms with Crippen LogP contribution in [0.4, 0.5) is 0 Å². The normalized spacial score (nSPS) is 10.2. The van der Waals surface area contributed by atoms with Crippen molar-refractivity contribution in [1.82, 2.24) is 14.8 Å². The zero-order valence-corrected chi connectivity index (χ0v) is 8.08. The molecule has 5 nitrogen and oxygen atoms in total. The highest BCUT2D eigenvalue weighted by Gasteiger charge is 2.07. The van der Waals surface area contributed by atoms with Gasteiger partial charge in [-0.25, -0.2) is 14.5 Å². The van der Waals surface area contributed by atoms with Gasteiger partial charge in [-0.15, -0.1) is 0 Å². The summed E-state index contributed by atoms with van der Waals surface area (Å²) in [7, 11) is 0. The SMILES string of the molecule is Cc1cc(-n2cncn2)ccc1C(=O)O. The van der Waals surface area contributed by atoms with Crippen molar-refractivity contribution in [2.75, 3.05) is 0 Å². The summed E-state index contributed by atoms with van der Waals surface area (Å²) in [6.45, 7) is 1.75. The summed E-state index contributed by atoms with van der Waals surface area (Å²) in [5, 5.41) is 12.8. The zero-order chi connectivity index (χ0) is 10.8. The number of hydrogen-bond donors (Lipinski definition) is 1. The van der Waals surface area contributed by atoms with Crippen molar-refractivity contribution in [1.29, 1.82) is 0 Å². The molecule has 1 aromatic carbocycles. The van der Waals surface area contributed by atoms with Crippen LogP contribution >= 0.6 is 0 Å². The number of aromatic nitrogens is 3. The molecule has 76 valence electrons. The number of aryl methyl sites for hydroxylation is 1. The van der Waals surface area contributed by atoms with E-state index < -0.39 is 5.97 Å². The van der Waals surface area contributed by atoms with E-state index in [2.05, 4.69) is 10.1 Å². The van der Waals surface area contributed by atoms with Gasteiger partial charge in [0.05, 0.1) is 11.3 Å². The van der Waals surface area contributed by atoms with Crippen LogP contribution in [0.25, 0.3) is 5.69 Å². The van der Waals surface area contributed by atoms with Crippen molar-refractivity contribution < 1.29 is 9.90 Å². The molecule has 0 unspecified atom stereocenters. The molecule has 1 heterocycles. The highest BCUT2D eigenvalue weighted by atomic mass is 16.4. The summed E-state index contributed by atoms with van der Waals surface area (Å²) in [4.78, 5) is 14.6. The van der Waals surface area contributed by atoms with Crippen molar-refractivity contribution in [3.05, 3.63) is 42.0 Å². The maximum atomic E-state index is 10.8. The van der Waals surface area contributed by atoms with Gasteiger partial charge >= 0.3 is 5.97 Å². The van der Waals surface area contributed by atoms with E-state index in [1.807, 2.05) is 0 Å². The van der Waals surface area contributed by atoms with E-state index >= 15 is 0 Å². The van der Waals surface area contributed by atoms with Gasteiger partial charge < -0.3 is 5.11 Å². The standard InChI is InChI=1S/C10H9N3O2/c1-7-4-8(13-6-11-5-12-13)2-3-9(7)10(14)15/h2-6H,1H3,(H,14,15). The van der Waals surface area contributed by atoms with Gasteiger partial charge in [0.1, 0.15) is 12.7 Å². The van der Waals surface area contributed by atoms with E-state index in [1.54, 1.807) is 36.1 Å². The molecule has 0 atom stereocenters. The predicted octanol–water partition coefficient (Wildman–Crippen LogP) is 1.27.